The summed E-state index contributed by atoms with van der Waals surface area (Å²) in [6.45, 7) is 0. The molecule has 0 bridgehead atoms. The van der Waals surface area contributed by atoms with Crippen LogP contribution < -0.4 is 9.44 Å². The summed E-state index contributed by atoms with van der Waals surface area (Å²) in [4.78, 5) is -0.0235. The lowest BCUT2D eigenvalue weighted by Crippen LogP contribution is -2.14. The Morgan fingerprint density at radius 3 is 2.00 bits per heavy atom. The predicted octanol–water partition coefficient (Wildman–Crippen LogP) is 4.66. The van der Waals surface area contributed by atoms with E-state index in [4.69, 9.17) is 23.2 Å². The summed E-state index contributed by atoms with van der Waals surface area (Å²) in [5.74, 6) is 0. The summed E-state index contributed by atoms with van der Waals surface area (Å²) in [6, 6.07) is 14.5. The third kappa shape index (κ3) is 4.94. The molecule has 0 saturated heterocycles. The van der Waals surface area contributed by atoms with Crippen molar-refractivity contribution < 1.29 is 16.8 Å². The molecule has 11 heteroatoms. The van der Waals surface area contributed by atoms with Gasteiger partial charge in [0.05, 0.1) is 14.9 Å². The predicted molar refractivity (Wildman–Crippen MR) is 109 cm³/mol. The molecule has 0 unspecified atom stereocenters. The number of hydrogen-bond acceptors (Lipinski definition) is 5. The van der Waals surface area contributed by atoms with E-state index in [0.717, 1.165) is 11.3 Å². The maximum atomic E-state index is 12.4. The van der Waals surface area contributed by atoms with Crippen molar-refractivity contribution >= 4 is 66.0 Å². The molecule has 3 aromatic rings. The maximum absolute atomic E-state index is 12.4. The Bertz CT molecular complexity index is 1170. The molecule has 0 spiro atoms. The van der Waals surface area contributed by atoms with Gasteiger partial charge in [-0.3, -0.25) is 9.44 Å². The molecular weight excluding hydrogens is 451 g/mol. The van der Waals surface area contributed by atoms with Gasteiger partial charge in [-0.15, -0.1) is 11.3 Å². The molecule has 0 atom stereocenters. The second-order valence-corrected chi connectivity index (χ2v) is 11.0. The van der Waals surface area contributed by atoms with Crippen LogP contribution in [0.2, 0.25) is 9.36 Å². The SMILES string of the molecule is O=S(=O)(Nc1cccc(Cl)c1)c1ccc(NS(=O)(=O)c2ccc(Cl)s2)cc1. The molecular formula is C16H12Cl2N2O4S3. The molecule has 142 valence electrons. The van der Waals surface area contributed by atoms with Crippen LogP contribution in [0.4, 0.5) is 11.4 Å². The van der Waals surface area contributed by atoms with Crippen molar-refractivity contribution in [1.29, 1.82) is 0 Å². The van der Waals surface area contributed by atoms with E-state index in [1.54, 1.807) is 18.2 Å². The van der Waals surface area contributed by atoms with Crippen LogP contribution in [0.5, 0.6) is 0 Å². The Balaban J connectivity index is 1.78. The molecule has 0 aliphatic heterocycles. The van der Waals surface area contributed by atoms with E-state index in [2.05, 4.69) is 9.44 Å². The highest BCUT2D eigenvalue weighted by Gasteiger charge is 2.18. The number of nitrogens with one attached hydrogen (secondary N) is 2. The topological polar surface area (TPSA) is 92.3 Å². The molecule has 3 rings (SSSR count). The normalized spacial score (nSPS) is 11.9. The molecule has 2 N–H and O–H groups in total. The van der Waals surface area contributed by atoms with E-state index in [1.807, 2.05) is 0 Å². The van der Waals surface area contributed by atoms with Crippen LogP contribution in [0, 0.1) is 0 Å². The van der Waals surface area contributed by atoms with E-state index in [-0.39, 0.29) is 14.8 Å². The summed E-state index contributed by atoms with van der Waals surface area (Å²) in [5, 5.41) is 0.397. The van der Waals surface area contributed by atoms with Crippen molar-refractivity contribution in [1.82, 2.24) is 0 Å². The Morgan fingerprint density at radius 2 is 1.41 bits per heavy atom. The van der Waals surface area contributed by atoms with E-state index < -0.39 is 20.0 Å². The van der Waals surface area contributed by atoms with Gasteiger partial charge in [0.25, 0.3) is 20.0 Å². The van der Waals surface area contributed by atoms with E-state index in [9.17, 15) is 16.8 Å². The summed E-state index contributed by atoms with van der Waals surface area (Å²) >= 11 is 12.5. The van der Waals surface area contributed by atoms with Crippen molar-refractivity contribution in [2.45, 2.75) is 9.10 Å². The van der Waals surface area contributed by atoms with E-state index in [0.29, 0.717) is 15.0 Å². The second-order valence-electron chi connectivity index (χ2n) is 5.30. The number of benzene rings is 2. The minimum Gasteiger partial charge on any atom is -0.280 e. The van der Waals surface area contributed by atoms with Gasteiger partial charge in [-0.2, -0.15) is 0 Å². The molecule has 0 fully saturated rings. The molecule has 6 nitrogen and oxygen atoms in total. The minimum atomic E-state index is -3.84. The summed E-state index contributed by atoms with van der Waals surface area (Å²) in [6.07, 6.45) is 0. The number of rotatable bonds is 6. The molecule has 2 aromatic carbocycles. The standard InChI is InChI=1S/C16H12Cl2N2O4S3/c17-11-2-1-3-13(10-11)20-26(21,22)14-6-4-12(5-7-14)19-27(23,24)16-9-8-15(18)25-16/h1-10,19-20H. The monoisotopic (exact) mass is 462 g/mol. The first-order chi connectivity index (χ1) is 12.7. The molecule has 1 heterocycles. The fourth-order valence-corrected chi connectivity index (χ4v) is 5.90. The lowest BCUT2D eigenvalue weighted by molar-refractivity contribution is 0.600. The Morgan fingerprint density at radius 1 is 0.741 bits per heavy atom. The molecule has 0 aliphatic rings. The lowest BCUT2D eigenvalue weighted by Gasteiger charge is -2.10. The molecule has 0 saturated carbocycles. The quantitative estimate of drug-likeness (QED) is 0.556. The zero-order valence-corrected chi connectivity index (χ0v) is 17.3. The first-order valence-corrected chi connectivity index (χ1v) is 11.9. The smallest absolute Gasteiger partial charge is 0.271 e. The van der Waals surface area contributed by atoms with Crippen LogP contribution in [0.25, 0.3) is 0 Å². The van der Waals surface area contributed by atoms with Crippen LogP contribution in [0.3, 0.4) is 0 Å². The van der Waals surface area contributed by atoms with E-state index in [1.165, 1.54) is 42.5 Å². The number of anilines is 2. The van der Waals surface area contributed by atoms with Gasteiger partial charge in [0, 0.05) is 10.7 Å². The van der Waals surface area contributed by atoms with Crippen molar-refractivity contribution in [2.24, 2.45) is 0 Å². The highest BCUT2D eigenvalue weighted by atomic mass is 35.5. The van der Waals surface area contributed by atoms with Gasteiger partial charge in [-0.05, 0) is 54.6 Å². The Kier molecular flexibility index (Phi) is 5.68. The van der Waals surface area contributed by atoms with E-state index >= 15 is 0 Å². The van der Waals surface area contributed by atoms with Gasteiger partial charge < -0.3 is 0 Å². The fourth-order valence-electron chi connectivity index (χ4n) is 2.12. The summed E-state index contributed by atoms with van der Waals surface area (Å²) < 4.78 is 54.6. The van der Waals surface area contributed by atoms with Crippen LogP contribution >= 0.6 is 34.5 Å². The lowest BCUT2D eigenvalue weighted by atomic mass is 10.3. The highest BCUT2D eigenvalue weighted by Crippen LogP contribution is 2.27. The molecule has 0 radical (unpaired) electrons. The second kappa shape index (κ2) is 7.69. The third-order valence-corrected chi connectivity index (χ3v) is 8.04. The van der Waals surface area contributed by atoms with Crippen LogP contribution in [0.15, 0.2) is 69.8 Å². The van der Waals surface area contributed by atoms with Crippen molar-refractivity contribution in [3.63, 3.8) is 0 Å². The van der Waals surface area contributed by atoms with Gasteiger partial charge >= 0.3 is 0 Å². The molecule has 1 aromatic heterocycles. The van der Waals surface area contributed by atoms with Gasteiger partial charge in [0.1, 0.15) is 4.21 Å². The molecule has 0 amide bonds. The van der Waals surface area contributed by atoms with Crippen molar-refractivity contribution in [3.8, 4) is 0 Å². The van der Waals surface area contributed by atoms with Crippen LogP contribution in [0.1, 0.15) is 0 Å². The Hall–Kier alpha value is -1.78. The van der Waals surface area contributed by atoms with Crippen LogP contribution in [-0.4, -0.2) is 16.8 Å². The largest absolute Gasteiger partial charge is 0.280 e. The van der Waals surface area contributed by atoms with Gasteiger partial charge in [-0.25, -0.2) is 16.8 Å². The third-order valence-electron chi connectivity index (χ3n) is 3.31. The number of halogens is 2. The number of hydrogen-bond donors (Lipinski definition) is 2. The average molecular weight is 463 g/mol. The minimum absolute atomic E-state index is 0.0235. The van der Waals surface area contributed by atoms with Gasteiger partial charge in [0.2, 0.25) is 0 Å². The van der Waals surface area contributed by atoms with Crippen molar-refractivity contribution in [2.75, 3.05) is 9.44 Å². The number of thiophene rings is 1. The van der Waals surface area contributed by atoms with Crippen molar-refractivity contribution in [3.05, 3.63) is 70.0 Å². The number of sulfonamides is 2. The highest BCUT2D eigenvalue weighted by molar-refractivity contribution is 7.94. The first-order valence-electron chi connectivity index (χ1n) is 7.32. The zero-order valence-electron chi connectivity index (χ0n) is 13.4. The van der Waals surface area contributed by atoms with Gasteiger partial charge in [-0.1, -0.05) is 29.3 Å². The zero-order chi connectivity index (χ0) is 19.7. The summed E-state index contributed by atoms with van der Waals surface area (Å²) in [5.41, 5.74) is 0.545. The average Bonchev–Trinajstić information content (AvgIpc) is 3.02. The molecule has 0 aliphatic carbocycles. The summed E-state index contributed by atoms with van der Waals surface area (Å²) in [7, 11) is -7.63. The van der Waals surface area contributed by atoms with Gasteiger partial charge in [0.15, 0.2) is 0 Å². The molecule has 27 heavy (non-hydrogen) atoms. The Labute approximate surface area is 170 Å². The maximum Gasteiger partial charge on any atom is 0.271 e. The fraction of sp³-hybridized carbons (Fsp3) is 0. The van der Waals surface area contributed by atoms with Crippen LogP contribution in [-0.2, 0) is 20.0 Å². The first kappa shape index (κ1) is 20.0.